The number of rotatable bonds is 4. The monoisotopic (exact) mass is 301 g/mol. The number of nitrogens with one attached hydrogen (secondary N) is 1. The van der Waals surface area contributed by atoms with Gasteiger partial charge in [-0.2, -0.15) is 0 Å². The number of benzene rings is 1. The minimum atomic E-state index is -0.559. The number of aliphatic imine (C=N–C) groups is 1. The molecule has 5 heteroatoms. The van der Waals surface area contributed by atoms with E-state index in [0.717, 1.165) is 42.0 Å². The van der Waals surface area contributed by atoms with Gasteiger partial charge in [0, 0.05) is 26.0 Å². The van der Waals surface area contributed by atoms with Gasteiger partial charge in [0.15, 0.2) is 5.96 Å². The largest absolute Gasteiger partial charge is 0.459 e. The Hall–Kier alpha value is -2.01. The Morgan fingerprint density at radius 3 is 2.82 bits per heavy atom. The summed E-state index contributed by atoms with van der Waals surface area (Å²) in [5.41, 5.74) is 0.341. The van der Waals surface area contributed by atoms with Gasteiger partial charge in [-0.3, -0.25) is 4.99 Å². The lowest BCUT2D eigenvalue weighted by Crippen LogP contribution is -2.50. The van der Waals surface area contributed by atoms with Crippen molar-refractivity contribution < 1.29 is 9.52 Å². The van der Waals surface area contributed by atoms with E-state index < -0.39 is 5.60 Å². The fraction of sp³-hybridized carbons (Fsp3) is 0.471. The maximum Gasteiger partial charge on any atom is 0.193 e. The molecule has 0 saturated heterocycles. The Labute approximate surface area is 130 Å². The van der Waals surface area contributed by atoms with Crippen molar-refractivity contribution in [1.82, 2.24) is 10.2 Å². The van der Waals surface area contributed by atoms with Crippen molar-refractivity contribution in [2.24, 2.45) is 4.99 Å². The van der Waals surface area contributed by atoms with Crippen molar-refractivity contribution in [1.29, 1.82) is 0 Å². The zero-order valence-corrected chi connectivity index (χ0v) is 13.2. The first kappa shape index (κ1) is 14.9. The smallest absolute Gasteiger partial charge is 0.193 e. The quantitative estimate of drug-likeness (QED) is 0.672. The van der Waals surface area contributed by atoms with E-state index in [0.29, 0.717) is 13.1 Å². The van der Waals surface area contributed by atoms with Crippen LogP contribution in [0.15, 0.2) is 39.7 Å². The third-order valence-corrected chi connectivity index (χ3v) is 4.30. The molecule has 1 aliphatic rings. The molecule has 0 spiro atoms. The summed E-state index contributed by atoms with van der Waals surface area (Å²) in [6, 6.07) is 10.0. The van der Waals surface area contributed by atoms with E-state index in [1.54, 1.807) is 7.05 Å². The second-order valence-electron chi connectivity index (χ2n) is 6.09. The molecule has 1 aromatic carbocycles. The minimum absolute atomic E-state index is 0.546. The molecule has 1 fully saturated rings. The molecule has 1 aromatic heterocycles. The number of guanidine groups is 1. The van der Waals surface area contributed by atoms with Crippen LogP contribution in [-0.4, -0.2) is 42.2 Å². The van der Waals surface area contributed by atoms with Crippen molar-refractivity contribution in [2.45, 2.75) is 31.4 Å². The van der Waals surface area contributed by atoms with Crippen LogP contribution in [0.4, 0.5) is 0 Å². The number of furan rings is 1. The molecule has 1 aliphatic carbocycles. The third-order valence-electron chi connectivity index (χ3n) is 4.30. The summed E-state index contributed by atoms with van der Waals surface area (Å²) in [6.45, 7) is 1.18. The van der Waals surface area contributed by atoms with E-state index in [1.807, 2.05) is 36.2 Å². The Bertz CT molecular complexity index is 640. The van der Waals surface area contributed by atoms with Gasteiger partial charge in [-0.15, -0.1) is 0 Å². The summed E-state index contributed by atoms with van der Waals surface area (Å²) in [7, 11) is 3.72. The number of fused-ring (bicyclic) bond motifs is 1. The predicted octanol–water partition coefficient (Wildman–Crippen LogP) is 2.35. The molecule has 1 saturated carbocycles. The second kappa shape index (κ2) is 6.01. The average molecular weight is 301 g/mol. The molecule has 2 N–H and O–H groups in total. The van der Waals surface area contributed by atoms with Crippen LogP contribution in [0.1, 0.15) is 25.0 Å². The molecule has 0 atom stereocenters. The number of para-hydroxylation sites is 1. The van der Waals surface area contributed by atoms with Crippen molar-refractivity contribution in [3.63, 3.8) is 0 Å². The van der Waals surface area contributed by atoms with Gasteiger partial charge in [-0.25, -0.2) is 0 Å². The first-order chi connectivity index (χ1) is 10.6. The average Bonchev–Trinajstić information content (AvgIpc) is 2.88. The zero-order valence-electron chi connectivity index (χ0n) is 13.2. The highest BCUT2D eigenvalue weighted by Crippen LogP contribution is 2.30. The van der Waals surface area contributed by atoms with E-state index in [1.165, 1.54) is 0 Å². The van der Waals surface area contributed by atoms with Crippen LogP contribution in [0.2, 0.25) is 0 Å². The highest BCUT2D eigenvalue weighted by Gasteiger charge is 2.34. The van der Waals surface area contributed by atoms with E-state index in [2.05, 4.69) is 16.4 Å². The molecule has 2 aromatic rings. The lowest BCUT2D eigenvalue weighted by atomic mass is 9.80. The Balaban J connectivity index is 1.62. The number of hydrogen-bond donors (Lipinski definition) is 2. The van der Waals surface area contributed by atoms with E-state index in [9.17, 15) is 5.11 Å². The van der Waals surface area contributed by atoms with Crippen LogP contribution in [0.5, 0.6) is 0 Å². The molecular weight excluding hydrogens is 278 g/mol. The van der Waals surface area contributed by atoms with Crippen molar-refractivity contribution in [3.05, 3.63) is 36.1 Å². The van der Waals surface area contributed by atoms with Crippen molar-refractivity contribution in [3.8, 4) is 0 Å². The molecule has 0 amide bonds. The van der Waals surface area contributed by atoms with E-state index in [-0.39, 0.29) is 0 Å². The summed E-state index contributed by atoms with van der Waals surface area (Å²) < 4.78 is 5.84. The van der Waals surface area contributed by atoms with Crippen LogP contribution in [0.25, 0.3) is 11.0 Å². The summed E-state index contributed by atoms with van der Waals surface area (Å²) in [4.78, 5) is 6.28. The lowest BCUT2D eigenvalue weighted by Gasteiger charge is -2.37. The molecule has 5 nitrogen and oxygen atoms in total. The normalized spacial score (nSPS) is 17.3. The first-order valence-corrected chi connectivity index (χ1v) is 7.71. The Morgan fingerprint density at radius 2 is 2.18 bits per heavy atom. The molecule has 22 heavy (non-hydrogen) atoms. The third kappa shape index (κ3) is 3.09. The summed E-state index contributed by atoms with van der Waals surface area (Å²) in [6.07, 6.45) is 2.83. The van der Waals surface area contributed by atoms with Crippen LogP contribution in [-0.2, 0) is 6.54 Å². The molecular formula is C17H23N3O2. The Morgan fingerprint density at radius 1 is 1.41 bits per heavy atom. The SMILES string of the molecule is CN=C(NCC1(O)CCC1)N(C)Cc1cc2ccccc2o1. The summed E-state index contributed by atoms with van der Waals surface area (Å²) in [5.74, 6) is 1.66. The van der Waals surface area contributed by atoms with Crippen LogP contribution < -0.4 is 5.32 Å². The highest BCUT2D eigenvalue weighted by molar-refractivity contribution is 5.80. The second-order valence-corrected chi connectivity index (χ2v) is 6.09. The van der Waals surface area contributed by atoms with Gasteiger partial charge in [0.1, 0.15) is 11.3 Å². The standard InChI is InChI=1S/C17H23N3O2/c1-18-16(19-12-17(21)8-5-9-17)20(2)11-14-10-13-6-3-4-7-15(13)22-14/h3-4,6-7,10,21H,5,8-9,11-12H2,1-2H3,(H,18,19). The first-order valence-electron chi connectivity index (χ1n) is 7.71. The van der Waals surface area contributed by atoms with Gasteiger partial charge >= 0.3 is 0 Å². The van der Waals surface area contributed by atoms with E-state index >= 15 is 0 Å². The molecule has 0 unspecified atom stereocenters. The van der Waals surface area contributed by atoms with Gasteiger partial charge in [0.05, 0.1) is 12.1 Å². The van der Waals surface area contributed by atoms with Gasteiger partial charge in [0.25, 0.3) is 0 Å². The lowest BCUT2D eigenvalue weighted by molar-refractivity contribution is -0.0282. The predicted molar refractivity (Wildman–Crippen MR) is 87.8 cm³/mol. The highest BCUT2D eigenvalue weighted by atomic mass is 16.3. The van der Waals surface area contributed by atoms with Crippen LogP contribution in [0.3, 0.4) is 0 Å². The van der Waals surface area contributed by atoms with Crippen LogP contribution >= 0.6 is 0 Å². The van der Waals surface area contributed by atoms with Gasteiger partial charge in [-0.1, -0.05) is 18.2 Å². The van der Waals surface area contributed by atoms with Gasteiger partial charge < -0.3 is 19.7 Å². The van der Waals surface area contributed by atoms with Gasteiger partial charge in [-0.05, 0) is 31.4 Å². The van der Waals surface area contributed by atoms with E-state index in [4.69, 9.17) is 4.42 Å². The molecule has 3 rings (SSSR count). The molecule has 0 bridgehead atoms. The molecule has 0 radical (unpaired) electrons. The number of aliphatic hydroxyl groups is 1. The topological polar surface area (TPSA) is 61.0 Å². The van der Waals surface area contributed by atoms with Crippen molar-refractivity contribution in [2.75, 3.05) is 20.6 Å². The molecule has 0 aliphatic heterocycles. The maximum atomic E-state index is 10.2. The Kier molecular flexibility index (Phi) is 4.07. The zero-order chi connectivity index (χ0) is 15.6. The summed E-state index contributed by atoms with van der Waals surface area (Å²) in [5, 5.41) is 14.5. The maximum absolute atomic E-state index is 10.2. The minimum Gasteiger partial charge on any atom is -0.459 e. The van der Waals surface area contributed by atoms with Crippen molar-refractivity contribution >= 4 is 16.9 Å². The van der Waals surface area contributed by atoms with Crippen LogP contribution in [0, 0.1) is 0 Å². The number of hydrogen-bond acceptors (Lipinski definition) is 3. The number of nitrogens with zero attached hydrogens (tertiary/aromatic N) is 2. The van der Waals surface area contributed by atoms with Gasteiger partial charge in [0.2, 0.25) is 0 Å². The fourth-order valence-electron chi connectivity index (χ4n) is 2.81. The summed E-state index contributed by atoms with van der Waals surface area (Å²) >= 11 is 0. The molecule has 1 heterocycles. The molecule has 118 valence electrons. The fourth-order valence-corrected chi connectivity index (χ4v) is 2.81.